The zero-order valence-electron chi connectivity index (χ0n) is 11.3. The van der Waals surface area contributed by atoms with E-state index in [1.54, 1.807) is 4.90 Å². The van der Waals surface area contributed by atoms with Gasteiger partial charge in [-0.3, -0.25) is 0 Å². The third kappa shape index (κ3) is 4.84. The maximum Gasteiger partial charge on any atom is 0.231 e. The van der Waals surface area contributed by atoms with Crippen molar-refractivity contribution in [1.29, 1.82) is 0 Å². The molecule has 1 aromatic heterocycles. The first kappa shape index (κ1) is 13.5. The lowest BCUT2D eigenvalue weighted by Gasteiger charge is -2.18. The molecule has 0 aliphatic carbocycles. The minimum absolute atomic E-state index is 0.238. The minimum atomic E-state index is 0.238. The van der Waals surface area contributed by atoms with Crippen LogP contribution in [-0.4, -0.2) is 35.6 Å². The zero-order chi connectivity index (χ0) is 13.1. The predicted molar refractivity (Wildman–Crippen MR) is 71.1 cm³/mol. The van der Waals surface area contributed by atoms with Crippen LogP contribution in [0.25, 0.3) is 0 Å². The van der Waals surface area contributed by atoms with Crippen molar-refractivity contribution in [1.82, 2.24) is 15.0 Å². The molecular formula is C11H22N6. The van der Waals surface area contributed by atoms with Gasteiger partial charge in [-0.25, -0.2) is 0 Å². The Balaban J connectivity index is 2.65. The average Bonchev–Trinajstić information content (AvgIpc) is 2.14. The lowest BCUT2D eigenvalue weighted by molar-refractivity contribution is 0.389. The van der Waals surface area contributed by atoms with Gasteiger partial charge in [0.05, 0.1) is 0 Å². The van der Waals surface area contributed by atoms with E-state index < -0.39 is 0 Å². The van der Waals surface area contributed by atoms with Crippen molar-refractivity contribution in [3.63, 3.8) is 0 Å². The average molecular weight is 238 g/mol. The zero-order valence-corrected chi connectivity index (χ0v) is 11.3. The second-order valence-electron chi connectivity index (χ2n) is 5.45. The highest BCUT2D eigenvalue weighted by atomic mass is 15.3. The van der Waals surface area contributed by atoms with Crippen LogP contribution in [0.15, 0.2) is 0 Å². The number of hydrogen-bond donors (Lipinski definition) is 2. The van der Waals surface area contributed by atoms with Gasteiger partial charge < -0.3 is 16.0 Å². The Labute approximate surface area is 103 Å². The Kier molecular flexibility index (Phi) is 4.09. The fourth-order valence-electron chi connectivity index (χ4n) is 1.21. The monoisotopic (exact) mass is 238 g/mol. The Bertz CT molecular complexity index is 369. The molecule has 0 saturated carbocycles. The Morgan fingerprint density at radius 2 is 1.82 bits per heavy atom. The Hall–Kier alpha value is -1.59. The van der Waals surface area contributed by atoms with E-state index in [4.69, 9.17) is 5.73 Å². The molecule has 0 amide bonds. The van der Waals surface area contributed by atoms with E-state index in [1.165, 1.54) is 0 Å². The van der Waals surface area contributed by atoms with Crippen molar-refractivity contribution < 1.29 is 0 Å². The topological polar surface area (TPSA) is 80.0 Å². The summed E-state index contributed by atoms with van der Waals surface area (Å²) in [6, 6.07) is 0. The second-order valence-corrected chi connectivity index (χ2v) is 5.45. The van der Waals surface area contributed by atoms with Crippen LogP contribution in [0.3, 0.4) is 0 Å². The largest absolute Gasteiger partial charge is 0.368 e. The van der Waals surface area contributed by atoms with Crippen LogP contribution in [0.1, 0.15) is 27.2 Å². The van der Waals surface area contributed by atoms with Gasteiger partial charge in [0.1, 0.15) is 0 Å². The second kappa shape index (κ2) is 5.16. The van der Waals surface area contributed by atoms with E-state index in [1.807, 2.05) is 14.1 Å². The molecule has 0 spiro atoms. The maximum atomic E-state index is 5.63. The third-order valence-electron chi connectivity index (χ3n) is 2.20. The van der Waals surface area contributed by atoms with Crippen molar-refractivity contribution in [2.75, 3.05) is 36.6 Å². The highest BCUT2D eigenvalue weighted by Gasteiger charge is 2.10. The minimum Gasteiger partial charge on any atom is -0.368 e. The summed E-state index contributed by atoms with van der Waals surface area (Å²) in [5.74, 6) is 1.34. The highest BCUT2D eigenvalue weighted by Crippen LogP contribution is 2.18. The van der Waals surface area contributed by atoms with Gasteiger partial charge in [-0.2, -0.15) is 15.0 Å². The summed E-state index contributed by atoms with van der Waals surface area (Å²) in [6.45, 7) is 7.41. The lowest BCUT2D eigenvalue weighted by Crippen LogP contribution is -2.18. The van der Waals surface area contributed by atoms with E-state index in [2.05, 4.69) is 41.0 Å². The van der Waals surface area contributed by atoms with Crippen LogP contribution in [-0.2, 0) is 0 Å². The fourth-order valence-corrected chi connectivity index (χ4v) is 1.21. The third-order valence-corrected chi connectivity index (χ3v) is 2.20. The molecule has 0 aliphatic rings. The van der Waals surface area contributed by atoms with E-state index in [-0.39, 0.29) is 11.4 Å². The van der Waals surface area contributed by atoms with Crippen molar-refractivity contribution in [3.05, 3.63) is 0 Å². The molecule has 0 unspecified atom stereocenters. The first-order valence-electron chi connectivity index (χ1n) is 5.71. The molecule has 1 heterocycles. The van der Waals surface area contributed by atoms with Crippen LogP contribution >= 0.6 is 0 Å². The van der Waals surface area contributed by atoms with Crippen LogP contribution in [0.2, 0.25) is 0 Å². The molecule has 0 bridgehead atoms. The molecule has 1 aromatic rings. The van der Waals surface area contributed by atoms with Gasteiger partial charge in [0.15, 0.2) is 0 Å². The van der Waals surface area contributed by atoms with Crippen molar-refractivity contribution in [2.45, 2.75) is 27.2 Å². The van der Waals surface area contributed by atoms with Gasteiger partial charge in [-0.1, -0.05) is 20.8 Å². The van der Waals surface area contributed by atoms with Crippen LogP contribution in [0.5, 0.6) is 0 Å². The normalized spacial score (nSPS) is 11.4. The van der Waals surface area contributed by atoms with E-state index >= 15 is 0 Å². The van der Waals surface area contributed by atoms with E-state index in [9.17, 15) is 0 Å². The van der Waals surface area contributed by atoms with Gasteiger partial charge in [0, 0.05) is 20.6 Å². The number of aromatic nitrogens is 3. The molecule has 0 saturated heterocycles. The molecule has 17 heavy (non-hydrogen) atoms. The molecule has 6 heteroatoms. The number of rotatable bonds is 4. The number of hydrogen-bond acceptors (Lipinski definition) is 6. The van der Waals surface area contributed by atoms with Crippen LogP contribution in [0, 0.1) is 5.41 Å². The number of nitrogen functional groups attached to an aromatic ring is 1. The van der Waals surface area contributed by atoms with Gasteiger partial charge in [-0.05, 0) is 11.8 Å². The summed E-state index contributed by atoms with van der Waals surface area (Å²) in [4.78, 5) is 14.1. The molecule has 0 radical (unpaired) electrons. The summed E-state index contributed by atoms with van der Waals surface area (Å²) in [7, 11) is 3.74. The van der Waals surface area contributed by atoms with Gasteiger partial charge in [0.25, 0.3) is 0 Å². The van der Waals surface area contributed by atoms with E-state index in [0.717, 1.165) is 13.0 Å². The SMILES string of the molecule is CN(C)c1nc(N)nc(NCCC(C)(C)C)n1. The summed E-state index contributed by atoms with van der Waals surface area (Å²) >= 11 is 0. The highest BCUT2D eigenvalue weighted by molar-refractivity contribution is 5.40. The van der Waals surface area contributed by atoms with Crippen LogP contribution in [0.4, 0.5) is 17.8 Å². The molecule has 0 fully saturated rings. The first-order valence-corrected chi connectivity index (χ1v) is 5.71. The van der Waals surface area contributed by atoms with Gasteiger partial charge in [-0.15, -0.1) is 0 Å². The summed E-state index contributed by atoms with van der Waals surface area (Å²) < 4.78 is 0. The molecule has 6 nitrogen and oxygen atoms in total. The molecular weight excluding hydrogens is 216 g/mol. The molecule has 0 aliphatic heterocycles. The van der Waals surface area contributed by atoms with Gasteiger partial charge in [0.2, 0.25) is 17.8 Å². The lowest BCUT2D eigenvalue weighted by atomic mass is 9.92. The smallest absolute Gasteiger partial charge is 0.231 e. The Morgan fingerprint density at radius 1 is 1.18 bits per heavy atom. The molecule has 96 valence electrons. The predicted octanol–water partition coefficient (Wildman–Crippen LogP) is 1.37. The van der Waals surface area contributed by atoms with Crippen LogP contribution < -0.4 is 16.0 Å². The molecule has 3 N–H and O–H groups in total. The Morgan fingerprint density at radius 3 is 2.35 bits per heavy atom. The molecule has 1 rings (SSSR count). The molecule has 0 aromatic carbocycles. The van der Waals surface area contributed by atoms with Crippen molar-refractivity contribution in [3.8, 4) is 0 Å². The van der Waals surface area contributed by atoms with Crippen molar-refractivity contribution in [2.24, 2.45) is 5.41 Å². The van der Waals surface area contributed by atoms with Crippen molar-refractivity contribution >= 4 is 17.8 Å². The quantitative estimate of drug-likeness (QED) is 0.824. The standard InChI is InChI=1S/C11H22N6/c1-11(2,3)6-7-13-9-14-8(12)15-10(16-9)17(4)5/h6-7H2,1-5H3,(H3,12,13,14,15,16). The summed E-state index contributed by atoms with van der Waals surface area (Å²) in [6.07, 6.45) is 1.04. The number of nitrogens with two attached hydrogens (primary N) is 1. The molecule has 0 atom stereocenters. The number of nitrogens with zero attached hydrogens (tertiary/aromatic N) is 4. The first-order chi connectivity index (χ1) is 7.78. The van der Waals surface area contributed by atoms with Gasteiger partial charge >= 0.3 is 0 Å². The fraction of sp³-hybridized carbons (Fsp3) is 0.727. The summed E-state index contributed by atoms with van der Waals surface area (Å²) in [5, 5.41) is 3.17. The number of anilines is 3. The number of nitrogens with one attached hydrogen (secondary N) is 1. The maximum absolute atomic E-state index is 5.63. The summed E-state index contributed by atoms with van der Waals surface area (Å²) in [5.41, 5.74) is 5.91. The van der Waals surface area contributed by atoms with E-state index in [0.29, 0.717) is 11.9 Å².